The van der Waals surface area contributed by atoms with Crippen molar-refractivity contribution >= 4 is 11.3 Å². The fourth-order valence-electron chi connectivity index (χ4n) is 2.14. The quantitative estimate of drug-likeness (QED) is 0.605. The fourth-order valence-corrected chi connectivity index (χ4v) is 2.82. The van der Waals surface area contributed by atoms with E-state index in [-0.39, 0.29) is 0 Å². The molecule has 1 aliphatic rings. The van der Waals surface area contributed by atoms with Gasteiger partial charge < -0.3 is 4.74 Å². The van der Waals surface area contributed by atoms with Crippen molar-refractivity contribution in [1.82, 2.24) is 5.43 Å². The molecule has 1 aromatic rings. The number of hydrogen-bond acceptors (Lipinski definition) is 4. The van der Waals surface area contributed by atoms with E-state index in [9.17, 15) is 0 Å². The van der Waals surface area contributed by atoms with E-state index in [4.69, 9.17) is 10.6 Å². The second-order valence-electron chi connectivity index (χ2n) is 4.06. The summed E-state index contributed by atoms with van der Waals surface area (Å²) in [6.45, 7) is 1.76. The van der Waals surface area contributed by atoms with Crippen LogP contribution in [0.3, 0.4) is 0 Å². The Labute approximate surface area is 94.6 Å². The van der Waals surface area contributed by atoms with E-state index in [0.717, 1.165) is 32.5 Å². The molecule has 2 heterocycles. The molecular weight excluding hydrogens is 208 g/mol. The van der Waals surface area contributed by atoms with Crippen LogP contribution in [0.2, 0.25) is 0 Å². The van der Waals surface area contributed by atoms with Crippen LogP contribution in [0.4, 0.5) is 0 Å². The third-order valence-corrected chi connectivity index (χ3v) is 3.82. The molecule has 1 aliphatic heterocycles. The summed E-state index contributed by atoms with van der Waals surface area (Å²) >= 11 is 1.75. The molecule has 0 amide bonds. The van der Waals surface area contributed by atoms with Gasteiger partial charge in [-0.2, -0.15) is 11.3 Å². The molecule has 1 atom stereocenters. The molecule has 3 nitrogen and oxygen atoms in total. The van der Waals surface area contributed by atoms with Crippen molar-refractivity contribution in [3.63, 3.8) is 0 Å². The number of hydrazine groups is 1. The molecule has 0 spiro atoms. The van der Waals surface area contributed by atoms with Crippen molar-refractivity contribution in [3.05, 3.63) is 22.4 Å². The van der Waals surface area contributed by atoms with Crippen molar-refractivity contribution < 1.29 is 4.74 Å². The summed E-state index contributed by atoms with van der Waals surface area (Å²) in [4.78, 5) is 0. The van der Waals surface area contributed by atoms with Gasteiger partial charge in [0.15, 0.2) is 0 Å². The predicted octanol–water partition coefficient (Wildman–Crippen LogP) is 1.55. The molecule has 15 heavy (non-hydrogen) atoms. The highest BCUT2D eigenvalue weighted by molar-refractivity contribution is 7.07. The fraction of sp³-hybridized carbons (Fsp3) is 0.636. The van der Waals surface area contributed by atoms with Crippen LogP contribution in [0.1, 0.15) is 18.4 Å². The molecule has 0 saturated carbocycles. The molecular formula is C11H18N2OS. The van der Waals surface area contributed by atoms with Crippen molar-refractivity contribution in [2.75, 3.05) is 13.2 Å². The Morgan fingerprint density at radius 2 is 2.33 bits per heavy atom. The second-order valence-corrected chi connectivity index (χ2v) is 4.84. The summed E-state index contributed by atoms with van der Waals surface area (Å²) in [5, 5.41) is 4.32. The van der Waals surface area contributed by atoms with Crippen LogP contribution < -0.4 is 11.3 Å². The molecule has 3 N–H and O–H groups in total. The van der Waals surface area contributed by atoms with Gasteiger partial charge >= 0.3 is 0 Å². The van der Waals surface area contributed by atoms with Gasteiger partial charge in [-0.15, -0.1) is 0 Å². The smallest absolute Gasteiger partial charge is 0.0469 e. The summed E-state index contributed by atoms with van der Waals surface area (Å²) in [5.41, 5.74) is 4.34. The normalized spacial score (nSPS) is 20.3. The average molecular weight is 226 g/mol. The van der Waals surface area contributed by atoms with Crippen LogP contribution in [0, 0.1) is 5.92 Å². The van der Waals surface area contributed by atoms with Gasteiger partial charge in [0.25, 0.3) is 0 Å². The van der Waals surface area contributed by atoms with Crippen LogP contribution in [-0.4, -0.2) is 19.3 Å². The summed E-state index contributed by atoms with van der Waals surface area (Å²) in [6.07, 6.45) is 3.28. The van der Waals surface area contributed by atoms with E-state index in [1.807, 2.05) is 0 Å². The largest absolute Gasteiger partial charge is 0.381 e. The number of hydrogen-bond donors (Lipinski definition) is 2. The van der Waals surface area contributed by atoms with Crippen molar-refractivity contribution in [3.8, 4) is 0 Å². The Morgan fingerprint density at radius 1 is 1.53 bits per heavy atom. The maximum absolute atomic E-state index is 5.63. The molecule has 1 aromatic heterocycles. The average Bonchev–Trinajstić information content (AvgIpc) is 2.80. The Morgan fingerprint density at radius 3 is 2.93 bits per heavy atom. The third-order valence-electron chi connectivity index (χ3n) is 3.08. The highest BCUT2D eigenvalue weighted by atomic mass is 32.1. The van der Waals surface area contributed by atoms with Crippen LogP contribution >= 0.6 is 11.3 Å². The molecule has 1 saturated heterocycles. The first-order valence-electron chi connectivity index (χ1n) is 5.45. The van der Waals surface area contributed by atoms with Crippen molar-refractivity contribution in [1.29, 1.82) is 0 Å². The molecule has 0 bridgehead atoms. The predicted molar refractivity (Wildman–Crippen MR) is 62.7 cm³/mol. The van der Waals surface area contributed by atoms with Gasteiger partial charge in [-0.25, -0.2) is 0 Å². The van der Waals surface area contributed by atoms with Crippen LogP contribution in [0.25, 0.3) is 0 Å². The number of thiophene rings is 1. The van der Waals surface area contributed by atoms with E-state index in [1.54, 1.807) is 11.3 Å². The number of rotatable bonds is 4. The van der Waals surface area contributed by atoms with E-state index in [0.29, 0.717) is 12.0 Å². The highest BCUT2D eigenvalue weighted by Crippen LogP contribution is 2.21. The van der Waals surface area contributed by atoms with Crippen LogP contribution in [0.5, 0.6) is 0 Å². The first kappa shape index (κ1) is 11.1. The van der Waals surface area contributed by atoms with Gasteiger partial charge in [0.1, 0.15) is 0 Å². The third kappa shape index (κ3) is 3.01. The van der Waals surface area contributed by atoms with Crippen LogP contribution in [-0.2, 0) is 11.2 Å². The summed E-state index contributed by atoms with van der Waals surface area (Å²) in [7, 11) is 0. The van der Waals surface area contributed by atoms with Gasteiger partial charge in [0.05, 0.1) is 0 Å². The SMILES string of the molecule is NNC(Cc1ccsc1)C1CCOCC1. The molecule has 2 rings (SSSR count). The topological polar surface area (TPSA) is 47.3 Å². The van der Waals surface area contributed by atoms with Crippen molar-refractivity contribution in [2.45, 2.75) is 25.3 Å². The van der Waals surface area contributed by atoms with E-state index in [1.165, 1.54) is 5.56 Å². The minimum absolute atomic E-state index is 0.392. The lowest BCUT2D eigenvalue weighted by Crippen LogP contribution is -2.44. The molecule has 0 radical (unpaired) electrons. The van der Waals surface area contributed by atoms with Crippen molar-refractivity contribution in [2.24, 2.45) is 11.8 Å². The summed E-state index contributed by atoms with van der Waals surface area (Å²) < 4.78 is 5.36. The molecule has 84 valence electrons. The lowest BCUT2D eigenvalue weighted by Gasteiger charge is -2.29. The number of nitrogens with one attached hydrogen (secondary N) is 1. The Bertz CT molecular complexity index is 270. The van der Waals surface area contributed by atoms with E-state index >= 15 is 0 Å². The van der Waals surface area contributed by atoms with E-state index in [2.05, 4.69) is 22.3 Å². The van der Waals surface area contributed by atoms with Gasteiger partial charge in [0, 0.05) is 19.3 Å². The first-order valence-corrected chi connectivity index (χ1v) is 6.39. The van der Waals surface area contributed by atoms with Crippen LogP contribution in [0.15, 0.2) is 16.8 Å². The standard InChI is InChI=1S/C11H18N2OS/c12-13-11(7-9-3-6-15-8-9)10-1-4-14-5-2-10/h3,6,8,10-11,13H,1-2,4-5,7,12H2. The van der Waals surface area contributed by atoms with Gasteiger partial charge in [-0.05, 0) is 47.6 Å². The van der Waals surface area contributed by atoms with Gasteiger partial charge in [0.2, 0.25) is 0 Å². The molecule has 1 fully saturated rings. The second kappa shape index (κ2) is 5.61. The maximum Gasteiger partial charge on any atom is 0.0469 e. The zero-order valence-electron chi connectivity index (χ0n) is 8.82. The zero-order chi connectivity index (χ0) is 10.5. The van der Waals surface area contributed by atoms with Gasteiger partial charge in [-0.1, -0.05) is 0 Å². The molecule has 0 aliphatic carbocycles. The number of nitrogens with two attached hydrogens (primary N) is 1. The number of ether oxygens (including phenoxy) is 1. The summed E-state index contributed by atoms with van der Waals surface area (Å²) in [6, 6.07) is 2.57. The Balaban J connectivity index is 1.91. The first-order chi connectivity index (χ1) is 7.40. The lowest BCUT2D eigenvalue weighted by atomic mass is 9.89. The molecule has 1 unspecified atom stereocenters. The minimum Gasteiger partial charge on any atom is -0.381 e. The Kier molecular flexibility index (Phi) is 4.14. The summed E-state index contributed by atoms with van der Waals surface area (Å²) in [5.74, 6) is 6.29. The van der Waals surface area contributed by atoms with E-state index < -0.39 is 0 Å². The zero-order valence-corrected chi connectivity index (χ0v) is 9.63. The Hall–Kier alpha value is -0.420. The minimum atomic E-state index is 0.392. The lowest BCUT2D eigenvalue weighted by molar-refractivity contribution is 0.0538. The monoisotopic (exact) mass is 226 g/mol. The highest BCUT2D eigenvalue weighted by Gasteiger charge is 2.23. The maximum atomic E-state index is 5.63. The molecule has 4 heteroatoms. The molecule has 0 aromatic carbocycles. The van der Waals surface area contributed by atoms with Gasteiger partial charge in [-0.3, -0.25) is 11.3 Å².